The number of benzene rings is 1. The summed E-state index contributed by atoms with van der Waals surface area (Å²) in [5.74, 6) is 1.89. The van der Waals surface area contributed by atoms with E-state index in [9.17, 15) is 4.39 Å². The second-order valence-electron chi connectivity index (χ2n) is 7.24. The molecule has 2 fully saturated rings. The predicted octanol–water partition coefficient (Wildman–Crippen LogP) is 4.53. The first-order valence-electron chi connectivity index (χ1n) is 9.21. The Labute approximate surface area is 142 Å². The highest BCUT2D eigenvalue weighted by atomic mass is 19.1. The number of hydrogen-bond donors (Lipinski definition) is 0. The van der Waals surface area contributed by atoms with E-state index >= 15 is 0 Å². The van der Waals surface area contributed by atoms with Crippen LogP contribution in [-0.2, 0) is 6.42 Å². The van der Waals surface area contributed by atoms with E-state index in [1.165, 1.54) is 38.2 Å². The van der Waals surface area contributed by atoms with E-state index in [1.54, 1.807) is 12.1 Å². The number of rotatable bonds is 4. The molecule has 0 amide bonds. The Bertz CT molecular complexity index is 678. The maximum absolute atomic E-state index is 13.3. The zero-order valence-electron chi connectivity index (χ0n) is 14.1. The number of nitrogens with zero attached hydrogens (tertiary/aromatic N) is 2. The number of likely N-dealkylation sites (tertiary alicyclic amines) is 1. The highest BCUT2D eigenvalue weighted by molar-refractivity contribution is 5.21. The van der Waals surface area contributed by atoms with Gasteiger partial charge in [-0.05, 0) is 43.5 Å². The second-order valence-corrected chi connectivity index (χ2v) is 7.24. The lowest BCUT2D eigenvalue weighted by molar-refractivity contribution is 0.187. The summed E-state index contributed by atoms with van der Waals surface area (Å²) < 4.78 is 19.3. The third-order valence-electron chi connectivity index (χ3n) is 5.50. The molecular formula is C20H25FN2O. The Morgan fingerprint density at radius 1 is 1.17 bits per heavy atom. The number of oxazole rings is 1. The van der Waals surface area contributed by atoms with Gasteiger partial charge in [-0.15, -0.1) is 0 Å². The fourth-order valence-electron chi connectivity index (χ4n) is 4.21. The summed E-state index contributed by atoms with van der Waals surface area (Å²) in [6, 6.07) is 7.45. The highest BCUT2D eigenvalue weighted by Crippen LogP contribution is 2.32. The molecule has 2 aromatic rings. The summed E-state index contributed by atoms with van der Waals surface area (Å²) in [4.78, 5) is 7.15. The predicted molar refractivity (Wildman–Crippen MR) is 91.5 cm³/mol. The fourth-order valence-corrected chi connectivity index (χ4v) is 4.21. The average molecular weight is 328 g/mol. The van der Waals surface area contributed by atoms with Crippen LogP contribution < -0.4 is 0 Å². The van der Waals surface area contributed by atoms with Gasteiger partial charge in [0.1, 0.15) is 11.6 Å². The van der Waals surface area contributed by atoms with E-state index in [0.29, 0.717) is 12.3 Å². The molecular weight excluding hydrogens is 303 g/mol. The lowest BCUT2D eigenvalue weighted by Gasteiger charge is -2.30. The topological polar surface area (TPSA) is 29.3 Å². The maximum atomic E-state index is 13.3. The van der Waals surface area contributed by atoms with E-state index in [-0.39, 0.29) is 5.82 Å². The van der Waals surface area contributed by atoms with Crippen molar-refractivity contribution in [3.63, 3.8) is 0 Å². The molecule has 2 heterocycles. The van der Waals surface area contributed by atoms with Gasteiger partial charge in [-0.25, -0.2) is 9.37 Å². The number of halogens is 1. The molecule has 3 nitrogen and oxygen atoms in total. The third-order valence-corrected chi connectivity index (χ3v) is 5.50. The molecule has 0 bridgehead atoms. The molecule has 4 heteroatoms. The van der Waals surface area contributed by atoms with Gasteiger partial charge >= 0.3 is 0 Å². The monoisotopic (exact) mass is 328 g/mol. The van der Waals surface area contributed by atoms with E-state index in [1.807, 2.05) is 12.3 Å². The molecule has 1 saturated heterocycles. The smallest absolute Gasteiger partial charge is 0.198 e. The van der Waals surface area contributed by atoms with Crippen molar-refractivity contribution >= 4 is 0 Å². The summed E-state index contributed by atoms with van der Waals surface area (Å²) in [5, 5.41) is 0. The van der Waals surface area contributed by atoms with Gasteiger partial charge in [0.2, 0.25) is 0 Å². The van der Waals surface area contributed by atoms with Crippen molar-refractivity contribution in [1.82, 2.24) is 9.88 Å². The lowest BCUT2D eigenvalue weighted by Crippen LogP contribution is -2.34. The normalized spacial score (nSPS) is 23.0. The van der Waals surface area contributed by atoms with Crippen molar-refractivity contribution in [2.75, 3.05) is 13.1 Å². The van der Waals surface area contributed by atoms with Gasteiger partial charge in [0, 0.05) is 24.9 Å². The van der Waals surface area contributed by atoms with Gasteiger partial charge in [0.05, 0.1) is 6.20 Å². The van der Waals surface area contributed by atoms with Crippen LogP contribution in [-0.4, -0.2) is 29.0 Å². The molecule has 0 spiro atoms. The molecule has 0 N–H and O–H groups in total. The maximum Gasteiger partial charge on any atom is 0.198 e. The van der Waals surface area contributed by atoms with E-state index in [2.05, 4.69) is 9.88 Å². The van der Waals surface area contributed by atoms with Crippen LogP contribution in [0.3, 0.4) is 0 Å². The first kappa shape index (κ1) is 15.8. The van der Waals surface area contributed by atoms with Crippen LogP contribution in [0.25, 0.3) is 0 Å². The third kappa shape index (κ3) is 3.54. The molecule has 1 saturated carbocycles. The van der Waals surface area contributed by atoms with Gasteiger partial charge in [-0.3, -0.25) is 4.90 Å². The minimum atomic E-state index is -0.203. The van der Waals surface area contributed by atoms with Crippen molar-refractivity contribution in [1.29, 1.82) is 0 Å². The SMILES string of the molecule is Fc1cccc(Cc2cnc(C3CCN(C4CCCCC4)C3)o2)c1. The zero-order valence-corrected chi connectivity index (χ0v) is 14.1. The minimum Gasteiger partial charge on any atom is -0.445 e. The molecule has 2 aliphatic rings. The Morgan fingerprint density at radius 2 is 2.04 bits per heavy atom. The summed E-state index contributed by atoms with van der Waals surface area (Å²) in [7, 11) is 0. The standard InChI is InChI=1S/C20H25FN2O/c21-17-6-4-5-15(11-17)12-19-13-22-20(24-19)16-9-10-23(14-16)18-7-2-1-3-8-18/h4-6,11,13,16,18H,1-3,7-10,12,14H2. The van der Waals surface area contributed by atoms with Crippen LogP contribution in [0.5, 0.6) is 0 Å². The van der Waals surface area contributed by atoms with E-state index in [4.69, 9.17) is 4.42 Å². The molecule has 1 aliphatic carbocycles. The average Bonchev–Trinajstić information content (AvgIpc) is 3.25. The number of hydrogen-bond acceptors (Lipinski definition) is 3. The number of aromatic nitrogens is 1. The summed E-state index contributed by atoms with van der Waals surface area (Å²) in [6.45, 7) is 2.24. The van der Waals surface area contributed by atoms with E-state index < -0.39 is 0 Å². The van der Waals surface area contributed by atoms with Crippen molar-refractivity contribution in [3.05, 3.63) is 53.5 Å². The van der Waals surface area contributed by atoms with Crippen LogP contribution in [0.4, 0.5) is 4.39 Å². The largest absolute Gasteiger partial charge is 0.445 e. The van der Waals surface area contributed by atoms with Crippen molar-refractivity contribution < 1.29 is 8.81 Å². The van der Waals surface area contributed by atoms with Crippen LogP contribution in [0, 0.1) is 5.82 Å². The molecule has 128 valence electrons. The Hall–Kier alpha value is -1.68. The molecule has 1 atom stereocenters. The minimum absolute atomic E-state index is 0.203. The Balaban J connectivity index is 1.38. The zero-order chi connectivity index (χ0) is 16.4. The molecule has 1 aromatic heterocycles. The van der Waals surface area contributed by atoms with Gasteiger partial charge < -0.3 is 4.42 Å². The van der Waals surface area contributed by atoms with Crippen molar-refractivity contribution in [3.8, 4) is 0 Å². The summed E-state index contributed by atoms with van der Waals surface area (Å²) >= 11 is 0. The first-order chi connectivity index (χ1) is 11.8. The fraction of sp³-hybridized carbons (Fsp3) is 0.550. The molecule has 1 unspecified atom stereocenters. The van der Waals surface area contributed by atoms with Crippen LogP contribution in [0.15, 0.2) is 34.9 Å². The van der Waals surface area contributed by atoms with Crippen molar-refractivity contribution in [2.45, 2.75) is 56.9 Å². The molecule has 1 aliphatic heterocycles. The Kier molecular flexibility index (Phi) is 4.65. The van der Waals surface area contributed by atoms with E-state index in [0.717, 1.165) is 42.8 Å². The van der Waals surface area contributed by atoms with Crippen LogP contribution in [0.1, 0.15) is 61.7 Å². The van der Waals surface area contributed by atoms with Gasteiger partial charge in [-0.2, -0.15) is 0 Å². The second kappa shape index (κ2) is 7.06. The Morgan fingerprint density at radius 3 is 2.88 bits per heavy atom. The van der Waals surface area contributed by atoms with Gasteiger partial charge in [0.25, 0.3) is 0 Å². The summed E-state index contributed by atoms with van der Waals surface area (Å²) in [6.07, 6.45) is 10.4. The van der Waals surface area contributed by atoms with Crippen molar-refractivity contribution in [2.24, 2.45) is 0 Å². The van der Waals surface area contributed by atoms with Gasteiger partial charge in [-0.1, -0.05) is 31.4 Å². The lowest BCUT2D eigenvalue weighted by atomic mass is 9.94. The highest BCUT2D eigenvalue weighted by Gasteiger charge is 2.32. The van der Waals surface area contributed by atoms with Crippen LogP contribution in [0.2, 0.25) is 0 Å². The van der Waals surface area contributed by atoms with Gasteiger partial charge in [0.15, 0.2) is 5.89 Å². The molecule has 4 rings (SSSR count). The summed E-state index contributed by atoms with van der Waals surface area (Å²) in [5.41, 5.74) is 0.924. The first-order valence-corrected chi connectivity index (χ1v) is 9.21. The van der Waals surface area contributed by atoms with Crippen LogP contribution >= 0.6 is 0 Å². The molecule has 0 radical (unpaired) electrons. The quantitative estimate of drug-likeness (QED) is 0.826. The molecule has 1 aromatic carbocycles. The molecule has 24 heavy (non-hydrogen) atoms.